The smallest absolute Gasteiger partial charge is 0.137 e. The van der Waals surface area contributed by atoms with E-state index in [1.807, 2.05) is 0 Å². The molecule has 20 heavy (non-hydrogen) atoms. The summed E-state index contributed by atoms with van der Waals surface area (Å²) in [7, 11) is 0. The molecule has 1 fully saturated rings. The molecule has 0 bridgehead atoms. The first-order chi connectivity index (χ1) is 9.56. The molecule has 1 aromatic carbocycles. The van der Waals surface area contributed by atoms with E-state index in [1.54, 1.807) is 0 Å². The number of hydrogen-bond donors (Lipinski definition) is 1. The molecule has 1 unspecified atom stereocenters. The summed E-state index contributed by atoms with van der Waals surface area (Å²) < 4.78 is 0. The van der Waals surface area contributed by atoms with Crippen molar-refractivity contribution in [1.29, 1.82) is 0 Å². The van der Waals surface area contributed by atoms with Crippen molar-refractivity contribution in [2.24, 2.45) is 5.92 Å². The fraction of sp³-hybridized carbons (Fsp3) is 0.611. The summed E-state index contributed by atoms with van der Waals surface area (Å²) in [5, 5.41) is 3.42. The van der Waals surface area contributed by atoms with Gasteiger partial charge in [-0.2, -0.15) is 0 Å². The van der Waals surface area contributed by atoms with E-state index in [9.17, 15) is 4.79 Å². The zero-order valence-corrected chi connectivity index (χ0v) is 13.1. The second-order valence-electron chi connectivity index (χ2n) is 6.34. The Balaban J connectivity index is 1.88. The Morgan fingerprint density at radius 2 is 1.95 bits per heavy atom. The molecular formula is C18H27NO. The molecule has 0 radical (unpaired) electrons. The van der Waals surface area contributed by atoms with Crippen LogP contribution in [0.25, 0.3) is 0 Å². The van der Waals surface area contributed by atoms with Crippen LogP contribution in [0.4, 0.5) is 0 Å². The molecule has 110 valence electrons. The average molecular weight is 273 g/mol. The Morgan fingerprint density at radius 1 is 1.25 bits per heavy atom. The predicted molar refractivity (Wildman–Crippen MR) is 84.2 cm³/mol. The largest absolute Gasteiger partial charge is 0.316 e. The van der Waals surface area contributed by atoms with Gasteiger partial charge in [0, 0.05) is 12.8 Å². The van der Waals surface area contributed by atoms with Crippen LogP contribution in [-0.2, 0) is 11.2 Å². The highest BCUT2D eigenvalue weighted by Crippen LogP contribution is 2.20. The number of carbonyl (C=O) groups excluding carboxylic acids is 1. The highest BCUT2D eigenvalue weighted by Gasteiger charge is 2.15. The molecule has 1 heterocycles. The van der Waals surface area contributed by atoms with Gasteiger partial charge in [0.15, 0.2) is 0 Å². The number of aryl methyl sites for hydroxylation is 3. The summed E-state index contributed by atoms with van der Waals surface area (Å²) in [6.07, 6.45) is 4.94. The van der Waals surface area contributed by atoms with Crippen molar-refractivity contribution < 1.29 is 4.79 Å². The normalized spacial score (nSPS) is 19.1. The zero-order chi connectivity index (χ0) is 14.5. The lowest BCUT2D eigenvalue weighted by Crippen LogP contribution is -2.30. The summed E-state index contributed by atoms with van der Waals surface area (Å²) >= 11 is 0. The lowest BCUT2D eigenvalue weighted by atomic mass is 9.91. The molecule has 1 aromatic rings. The summed E-state index contributed by atoms with van der Waals surface area (Å²) in [5.74, 6) is 1.10. The average Bonchev–Trinajstić information content (AvgIpc) is 2.42. The number of rotatable bonds is 5. The summed E-state index contributed by atoms with van der Waals surface area (Å²) in [6.45, 7) is 8.59. The molecule has 2 rings (SSSR count). The van der Waals surface area contributed by atoms with E-state index < -0.39 is 0 Å². The van der Waals surface area contributed by atoms with Crippen LogP contribution in [0.15, 0.2) is 12.1 Å². The second-order valence-corrected chi connectivity index (χ2v) is 6.34. The van der Waals surface area contributed by atoms with Crippen LogP contribution in [0.2, 0.25) is 0 Å². The van der Waals surface area contributed by atoms with Crippen molar-refractivity contribution >= 4 is 5.78 Å². The minimum atomic E-state index is 0.394. The van der Waals surface area contributed by atoms with Gasteiger partial charge in [0.05, 0.1) is 0 Å². The number of ketones is 1. The van der Waals surface area contributed by atoms with Crippen molar-refractivity contribution in [3.05, 3.63) is 34.4 Å². The van der Waals surface area contributed by atoms with Crippen LogP contribution in [-0.4, -0.2) is 18.9 Å². The molecule has 0 saturated carbocycles. The third-order valence-electron chi connectivity index (χ3n) is 4.44. The van der Waals surface area contributed by atoms with Crippen LogP contribution in [0, 0.1) is 26.7 Å². The first kappa shape index (κ1) is 15.2. The van der Waals surface area contributed by atoms with Crippen molar-refractivity contribution in [2.45, 2.75) is 52.9 Å². The number of benzene rings is 1. The van der Waals surface area contributed by atoms with Gasteiger partial charge in [-0.05, 0) is 75.7 Å². The summed E-state index contributed by atoms with van der Waals surface area (Å²) in [4.78, 5) is 12.2. The minimum Gasteiger partial charge on any atom is -0.316 e. The van der Waals surface area contributed by atoms with Gasteiger partial charge in [-0.25, -0.2) is 0 Å². The topological polar surface area (TPSA) is 29.1 Å². The molecule has 0 aliphatic carbocycles. The highest BCUT2D eigenvalue weighted by molar-refractivity contribution is 5.81. The summed E-state index contributed by atoms with van der Waals surface area (Å²) in [6, 6.07) is 4.36. The van der Waals surface area contributed by atoms with Gasteiger partial charge < -0.3 is 5.32 Å². The maximum atomic E-state index is 12.2. The first-order valence-electron chi connectivity index (χ1n) is 7.85. The van der Waals surface area contributed by atoms with Crippen molar-refractivity contribution in [3.8, 4) is 0 Å². The number of piperidine rings is 1. The minimum absolute atomic E-state index is 0.394. The van der Waals surface area contributed by atoms with Gasteiger partial charge in [0.25, 0.3) is 0 Å². The van der Waals surface area contributed by atoms with Crippen molar-refractivity contribution in [1.82, 2.24) is 5.32 Å². The SMILES string of the molecule is Cc1cc(C)c(CC(=O)CCC2CCCNC2)c(C)c1. The first-order valence-corrected chi connectivity index (χ1v) is 7.85. The highest BCUT2D eigenvalue weighted by atomic mass is 16.1. The zero-order valence-electron chi connectivity index (χ0n) is 13.1. The molecular weight excluding hydrogens is 246 g/mol. The fourth-order valence-electron chi connectivity index (χ4n) is 3.31. The van der Waals surface area contributed by atoms with E-state index in [4.69, 9.17) is 0 Å². The van der Waals surface area contributed by atoms with Crippen LogP contribution in [0.3, 0.4) is 0 Å². The lowest BCUT2D eigenvalue weighted by molar-refractivity contribution is -0.118. The Bertz CT molecular complexity index is 449. The van der Waals surface area contributed by atoms with Crippen molar-refractivity contribution in [3.63, 3.8) is 0 Å². The standard InChI is InChI=1S/C18H27NO/c1-13-9-14(2)18(15(3)10-13)11-17(20)7-6-16-5-4-8-19-12-16/h9-10,16,19H,4-8,11-12H2,1-3H3. The van der Waals surface area contributed by atoms with Crippen LogP contribution < -0.4 is 5.32 Å². The molecule has 0 amide bonds. The summed E-state index contributed by atoms with van der Waals surface area (Å²) in [5.41, 5.74) is 5.04. The maximum absolute atomic E-state index is 12.2. The number of nitrogens with one attached hydrogen (secondary N) is 1. The van der Waals surface area contributed by atoms with E-state index in [1.165, 1.54) is 35.1 Å². The second kappa shape index (κ2) is 7.03. The number of hydrogen-bond acceptors (Lipinski definition) is 2. The van der Waals surface area contributed by atoms with Gasteiger partial charge in [0.1, 0.15) is 5.78 Å². The van der Waals surface area contributed by atoms with Crippen LogP contribution >= 0.6 is 0 Å². The van der Waals surface area contributed by atoms with Gasteiger partial charge in [0.2, 0.25) is 0 Å². The van der Waals surface area contributed by atoms with E-state index in [0.717, 1.165) is 25.9 Å². The van der Waals surface area contributed by atoms with E-state index >= 15 is 0 Å². The van der Waals surface area contributed by atoms with E-state index in [-0.39, 0.29) is 0 Å². The maximum Gasteiger partial charge on any atom is 0.137 e. The third kappa shape index (κ3) is 4.17. The Kier molecular flexibility index (Phi) is 5.36. The molecule has 1 atom stereocenters. The Hall–Kier alpha value is -1.15. The molecule has 1 saturated heterocycles. The van der Waals surface area contributed by atoms with Crippen LogP contribution in [0.5, 0.6) is 0 Å². The quantitative estimate of drug-likeness (QED) is 0.889. The monoisotopic (exact) mass is 273 g/mol. The molecule has 0 spiro atoms. The molecule has 1 aliphatic rings. The molecule has 2 heteroatoms. The number of carbonyl (C=O) groups is 1. The Morgan fingerprint density at radius 3 is 2.55 bits per heavy atom. The molecule has 2 nitrogen and oxygen atoms in total. The van der Waals surface area contributed by atoms with E-state index in [0.29, 0.717) is 18.1 Å². The lowest BCUT2D eigenvalue weighted by Gasteiger charge is -2.22. The molecule has 1 N–H and O–H groups in total. The fourth-order valence-corrected chi connectivity index (χ4v) is 3.31. The van der Waals surface area contributed by atoms with Crippen molar-refractivity contribution in [2.75, 3.05) is 13.1 Å². The van der Waals surface area contributed by atoms with E-state index in [2.05, 4.69) is 38.2 Å². The Labute approximate surface area is 123 Å². The van der Waals surface area contributed by atoms with Gasteiger partial charge >= 0.3 is 0 Å². The predicted octanol–water partition coefficient (Wildman–Crippen LogP) is 3.50. The van der Waals surface area contributed by atoms with Gasteiger partial charge in [-0.15, -0.1) is 0 Å². The third-order valence-corrected chi connectivity index (χ3v) is 4.44. The van der Waals surface area contributed by atoms with Gasteiger partial charge in [-0.1, -0.05) is 17.7 Å². The van der Waals surface area contributed by atoms with Gasteiger partial charge in [-0.3, -0.25) is 4.79 Å². The molecule has 1 aliphatic heterocycles. The van der Waals surface area contributed by atoms with Crippen LogP contribution in [0.1, 0.15) is 47.9 Å². The molecule has 0 aromatic heterocycles. The number of Topliss-reactive ketones (excluding diaryl/α,β-unsaturated/α-hetero) is 1.